The van der Waals surface area contributed by atoms with E-state index in [1.54, 1.807) is 0 Å². The fourth-order valence-electron chi connectivity index (χ4n) is 2.70. The van der Waals surface area contributed by atoms with E-state index in [0.717, 1.165) is 12.5 Å². The van der Waals surface area contributed by atoms with Crippen LogP contribution in [-0.4, -0.2) is 6.54 Å². The van der Waals surface area contributed by atoms with Crippen LogP contribution in [0.3, 0.4) is 0 Å². The van der Waals surface area contributed by atoms with E-state index in [9.17, 15) is 0 Å². The molecule has 82 valence electrons. The molecule has 0 bridgehead atoms. The van der Waals surface area contributed by atoms with Gasteiger partial charge in [0.15, 0.2) is 0 Å². The normalized spacial score (nSPS) is 25.1. The molecule has 2 atom stereocenters. The first-order valence-electron chi connectivity index (χ1n) is 6.05. The molecule has 1 N–H and O–H groups in total. The predicted molar refractivity (Wildman–Crippen MR) is 68.5 cm³/mol. The summed E-state index contributed by atoms with van der Waals surface area (Å²) in [4.78, 5) is 0. The van der Waals surface area contributed by atoms with E-state index in [1.165, 1.54) is 22.8 Å². The molecule has 0 aliphatic carbocycles. The Labute approximate surface area is 96.5 Å². The lowest BCUT2D eigenvalue weighted by Gasteiger charge is -2.13. The molecule has 2 aromatic carbocycles. The summed E-state index contributed by atoms with van der Waals surface area (Å²) in [5.74, 6) is 0.795. The minimum Gasteiger partial charge on any atom is -0.310 e. The van der Waals surface area contributed by atoms with Crippen molar-refractivity contribution in [1.82, 2.24) is 5.32 Å². The fraction of sp³-hybridized carbons (Fsp3) is 0.333. The monoisotopic (exact) mass is 211 g/mol. The van der Waals surface area contributed by atoms with E-state index in [4.69, 9.17) is 0 Å². The lowest BCUT2D eigenvalue weighted by atomic mass is 9.96. The molecule has 0 unspecified atom stereocenters. The average Bonchev–Trinajstić information content (AvgIpc) is 2.75. The maximum absolute atomic E-state index is 3.61. The Morgan fingerprint density at radius 3 is 2.69 bits per heavy atom. The van der Waals surface area contributed by atoms with E-state index in [1.807, 2.05) is 0 Å². The van der Waals surface area contributed by atoms with Crippen LogP contribution in [-0.2, 0) is 0 Å². The van der Waals surface area contributed by atoms with E-state index >= 15 is 0 Å². The minimum absolute atomic E-state index is 0.543. The van der Waals surface area contributed by atoms with Gasteiger partial charge < -0.3 is 5.32 Å². The van der Waals surface area contributed by atoms with Crippen LogP contribution in [0, 0.1) is 5.92 Å². The molecule has 1 heterocycles. The fourth-order valence-corrected chi connectivity index (χ4v) is 2.70. The van der Waals surface area contributed by atoms with Gasteiger partial charge in [0.1, 0.15) is 0 Å². The zero-order valence-corrected chi connectivity index (χ0v) is 9.61. The van der Waals surface area contributed by atoms with Crippen molar-refractivity contribution in [1.29, 1.82) is 0 Å². The number of fused-ring (bicyclic) bond motifs is 1. The summed E-state index contributed by atoms with van der Waals surface area (Å²) in [6.45, 7) is 3.46. The average molecular weight is 211 g/mol. The zero-order chi connectivity index (χ0) is 11.0. The highest BCUT2D eigenvalue weighted by molar-refractivity contribution is 5.86. The number of benzene rings is 2. The third-order valence-corrected chi connectivity index (χ3v) is 3.55. The van der Waals surface area contributed by atoms with Crippen molar-refractivity contribution in [2.75, 3.05) is 6.54 Å². The van der Waals surface area contributed by atoms with Gasteiger partial charge in [-0.05, 0) is 35.2 Å². The highest BCUT2D eigenvalue weighted by atomic mass is 14.9. The molecule has 1 saturated heterocycles. The van der Waals surface area contributed by atoms with Crippen LogP contribution >= 0.6 is 0 Å². The van der Waals surface area contributed by atoms with E-state index in [0.29, 0.717) is 6.04 Å². The summed E-state index contributed by atoms with van der Waals surface area (Å²) in [5, 5.41) is 6.36. The summed E-state index contributed by atoms with van der Waals surface area (Å²) in [7, 11) is 0. The number of nitrogens with one attached hydrogen (secondary N) is 1. The molecule has 0 radical (unpaired) electrons. The van der Waals surface area contributed by atoms with E-state index in [2.05, 4.69) is 54.7 Å². The molecule has 16 heavy (non-hydrogen) atoms. The second kappa shape index (κ2) is 3.91. The van der Waals surface area contributed by atoms with Gasteiger partial charge >= 0.3 is 0 Å². The first-order chi connectivity index (χ1) is 7.84. The lowest BCUT2D eigenvalue weighted by molar-refractivity contribution is 0.615. The van der Waals surface area contributed by atoms with Crippen molar-refractivity contribution >= 4 is 10.8 Å². The first kappa shape index (κ1) is 9.86. The van der Waals surface area contributed by atoms with Gasteiger partial charge in [0, 0.05) is 6.04 Å². The number of rotatable bonds is 1. The Bertz CT molecular complexity index is 498. The predicted octanol–water partition coefficient (Wildman–Crippen LogP) is 3.51. The van der Waals surface area contributed by atoms with Crippen molar-refractivity contribution in [2.45, 2.75) is 19.4 Å². The quantitative estimate of drug-likeness (QED) is 0.761. The Balaban J connectivity index is 2.09. The van der Waals surface area contributed by atoms with Crippen LogP contribution in [0.1, 0.15) is 24.9 Å². The lowest BCUT2D eigenvalue weighted by Crippen LogP contribution is -2.13. The van der Waals surface area contributed by atoms with Crippen LogP contribution in [0.5, 0.6) is 0 Å². The zero-order valence-electron chi connectivity index (χ0n) is 9.61. The van der Waals surface area contributed by atoms with Crippen LogP contribution < -0.4 is 5.32 Å². The Kier molecular flexibility index (Phi) is 2.41. The molecule has 0 spiro atoms. The molecule has 1 nitrogen and oxygen atoms in total. The summed E-state index contributed by atoms with van der Waals surface area (Å²) < 4.78 is 0. The molecule has 1 heteroatoms. The SMILES string of the molecule is C[C@H]1CN[C@@H](c2cccc3ccccc23)C1. The summed E-state index contributed by atoms with van der Waals surface area (Å²) in [6, 6.07) is 15.8. The Morgan fingerprint density at radius 2 is 1.88 bits per heavy atom. The molecular weight excluding hydrogens is 194 g/mol. The summed E-state index contributed by atoms with van der Waals surface area (Å²) in [6.07, 6.45) is 1.26. The molecule has 3 rings (SSSR count). The van der Waals surface area contributed by atoms with Gasteiger partial charge in [-0.25, -0.2) is 0 Å². The number of hydrogen-bond acceptors (Lipinski definition) is 1. The van der Waals surface area contributed by atoms with Crippen LogP contribution in [0.15, 0.2) is 42.5 Å². The molecule has 1 aliphatic rings. The Hall–Kier alpha value is -1.34. The molecule has 1 aliphatic heterocycles. The molecular formula is C15H17N. The van der Waals surface area contributed by atoms with Crippen LogP contribution in [0.2, 0.25) is 0 Å². The molecule has 0 aromatic heterocycles. The van der Waals surface area contributed by atoms with Gasteiger partial charge in [-0.15, -0.1) is 0 Å². The molecule has 0 amide bonds. The number of hydrogen-bond donors (Lipinski definition) is 1. The largest absolute Gasteiger partial charge is 0.310 e. The van der Waals surface area contributed by atoms with Crippen molar-refractivity contribution in [3.63, 3.8) is 0 Å². The van der Waals surface area contributed by atoms with Gasteiger partial charge in [0.2, 0.25) is 0 Å². The minimum atomic E-state index is 0.543. The van der Waals surface area contributed by atoms with E-state index < -0.39 is 0 Å². The summed E-state index contributed by atoms with van der Waals surface area (Å²) >= 11 is 0. The van der Waals surface area contributed by atoms with Crippen molar-refractivity contribution in [3.8, 4) is 0 Å². The first-order valence-corrected chi connectivity index (χ1v) is 6.05. The highest BCUT2D eigenvalue weighted by Gasteiger charge is 2.22. The maximum Gasteiger partial charge on any atom is 0.0329 e. The van der Waals surface area contributed by atoms with Gasteiger partial charge in [0.25, 0.3) is 0 Å². The smallest absolute Gasteiger partial charge is 0.0329 e. The standard InChI is InChI=1S/C15H17N/c1-11-9-15(16-10-11)14-8-4-6-12-5-2-3-7-13(12)14/h2-8,11,15-16H,9-10H2,1H3/t11-,15-/m1/s1. The van der Waals surface area contributed by atoms with Gasteiger partial charge in [-0.1, -0.05) is 49.4 Å². The maximum atomic E-state index is 3.61. The topological polar surface area (TPSA) is 12.0 Å². The van der Waals surface area contributed by atoms with E-state index in [-0.39, 0.29) is 0 Å². The van der Waals surface area contributed by atoms with Gasteiger partial charge in [-0.3, -0.25) is 0 Å². The molecule has 2 aromatic rings. The third kappa shape index (κ3) is 1.61. The van der Waals surface area contributed by atoms with Gasteiger partial charge in [-0.2, -0.15) is 0 Å². The van der Waals surface area contributed by atoms with Crippen LogP contribution in [0.4, 0.5) is 0 Å². The highest BCUT2D eigenvalue weighted by Crippen LogP contribution is 2.31. The van der Waals surface area contributed by atoms with Crippen molar-refractivity contribution < 1.29 is 0 Å². The Morgan fingerprint density at radius 1 is 1.06 bits per heavy atom. The molecule has 0 saturated carbocycles. The second-order valence-corrected chi connectivity index (χ2v) is 4.87. The van der Waals surface area contributed by atoms with Gasteiger partial charge in [0.05, 0.1) is 0 Å². The summed E-state index contributed by atoms with van der Waals surface area (Å²) in [5.41, 5.74) is 1.46. The third-order valence-electron chi connectivity index (χ3n) is 3.55. The van der Waals surface area contributed by atoms with Crippen molar-refractivity contribution in [2.24, 2.45) is 5.92 Å². The second-order valence-electron chi connectivity index (χ2n) is 4.87. The van der Waals surface area contributed by atoms with Crippen molar-refractivity contribution in [3.05, 3.63) is 48.0 Å². The van der Waals surface area contributed by atoms with Crippen LogP contribution in [0.25, 0.3) is 10.8 Å². The molecule has 1 fully saturated rings.